The second kappa shape index (κ2) is 11.4. The molecule has 1 heterocycles. The van der Waals surface area contributed by atoms with Crippen LogP contribution in [0.2, 0.25) is 0 Å². The van der Waals surface area contributed by atoms with E-state index in [9.17, 15) is 4.79 Å². The third-order valence-corrected chi connectivity index (χ3v) is 5.15. The van der Waals surface area contributed by atoms with Gasteiger partial charge in [0.05, 0.1) is 19.3 Å². The molecular formula is C24H37NO4. The van der Waals surface area contributed by atoms with Crippen LogP contribution in [0.4, 0.5) is 4.79 Å². The monoisotopic (exact) mass is 403 g/mol. The first-order chi connectivity index (χ1) is 13.8. The summed E-state index contributed by atoms with van der Waals surface area (Å²) in [6.45, 7) is 15.2. The van der Waals surface area contributed by atoms with Gasteiger partial charge in [0.2, 0.25) is 0 Å². The van der Waals surface area contributed by atoms with Gasteiger partial charge in [-0.3, -0.25) is 0 Å². The van der Waals surface area contributed by atoms with Crippen molar-refractivity contribution in [2.75, 3.05) is 6.61 Å². The van der Waals surface area contributed by atoms with Crippen molar-refractivity contribution < 1.29 is 19.0 Å². The Morgan fingerprint density at radius 3 is 2.45 bits per heavy atom. The number of nitrogens with zero attached hydrogens (tertiary/aromatic N) is 1. The SMILES string of the molecule is C=C1C[C@H](CCC)O[C@H](COCc2ccccc2)[C@H]1OC(=O)N(C(C)C)C(C)C. The fourth-order valence-electron chi connectivity index (χ4n) is 3.87. The van der Waals surface area contributed by atoms with Crippen LogP contribution < -0.4 is 0 Å². The van der Waals surface area contributed by atoms with Gasteiger partial charge in [-0.1, -0.05) is 50.3 Å². The van der Waals surface area contributed by atoms with Crippen molar-refractivity contribution in [1.29, 1.82) is 0 Å². The van der Waals surface area contributed by atoms with E-state index in [1.54, 1.807) is 4.90 Å². The molecule has 162 valence electrons. The number of carbonyl (C=O) groups is 1. The van der Waals surface area contributed by atoms with Gasteiger partial charge in [-0.05, 0) is 51.7 Å². The fraction of sp³-hybridized carbons (Fsp3) is 0.625. The minimum absolute atomic E-state index is 0.0564. The molecule has 1 fully saturated rings. The van der Waals surface area contributed by atoms with Gasteiger partial charge in [0.1, 0.15) is 6.10 Å². The van der Waals surface area contributed by atoms with Crippen molar-refractivity contribution in [3.8, 4) is 0 Å². The highest BCUT2D eigenvalue weighted by molar-refractivity contribution is 5.69. The van der Waals surface area contributed by atoms with Gasteiger partial charge >= 0.3 is 6.09 Å². The van der Waals surface area contributed by atoms with Crippen LogP contribution in [-0.4, -0.2) is 48.0 Å². The van der Waals surface area contributed by atoms with Gasteiger partial charge < -0.3 is 19.1 Å². The fourth-order valence-corrected chi connectivity index (χ4v) is 3.87. The van der Waals surface area contributed by atoms with Crippen molar-refractivity contribution in [3.63, 3.8) is 0 Å². The average Bonchev–Trinajstić information content (AvgIpc) is 2.65. The molecule has 0 aromatic heterocycles. The molecule has 0 bridgehead atoms. The van der Waals surface area contributed by atoms with Crippen molar-refractivity contribution in [1.82, 2.24) is 4.90 Å². The Morgan fingerprint density at radius 1 is 1.21 bits per heavy atom. The van der Waals surface area contributed by atoms with Crippen LogP contribution in [0.15, 0.2) is 42.5 Å². The summed E-state index contributed by atoms with van der Waals surface area (Å²) < 4.78 is 18.1. The van der Waals surface area contributed by atoms with E-state index in [1.807, 2.05) is 58.0 Å². The van der Waals surface area contributed by atoms with Gasteiger partial charge in [-0.25, -0.2) is 4.79 Å². The number of hydrogen-bond acceptors (Lipinski definition) is 4. The summed E-state index contributed by atoms with van der Waals surface area (Å²) in [7, 11) is 0. The number of hydrogen-bond donors (Lipinski definition) is 0. The topological polar surface area (TPSA) is 48.0 Å². The zero-order chi connectivity index (χ0) is 21.4. The van der Waals surface area contributed by atoms with E-state index in [0.717, 1.165) is 24.0 Å². The van der Waals surface area contributed by atoms with Crippen LogP contribution in [0.25, 0.3) is 0 Å². The lowest BCUT2D eigenvalue weighted by atomic mass is 9.94. The van der Waals surface area contributed by atoms with Crippen LogP contribution in [0, 0.1) is 0 Å². The first kappa shape index (κ1) is 23.4. The Bertz CT molecular complexity index is 636. The molecule has 1 aliphatic heterocycles. The Hall–Kier alpha value is -1.85. The normalized spacial score (nSPS) is 22.2. The minimum atomic E-state index is -0.494. The third-order valence-electron chi connectivity index (χ3n) is 5.15. The second-order valence-corrected chi connectivity index (χ2v) is 8.35. The molecular weight excluding hydrogens is 366 g/mol. The molecule has 3 atom stereocenters. The van der Waals surface area contributed by atoms with E-state index < -0.39 is 6.10 Å². The predicted octanol–water partition coefficient (Wildman–Crippen LogP) is 5.34. The van der Waals surface area contributed by atoms with Crippen LogP contribution in [-0.2, 0) is 20.8 Å². The average molecular weight is 404 g/mol. The van der Waals surface area contributed by atoms with Crippen LogP contribution in [0.1, 0.15) is 59.4 Å². The minimum Gasteiger partial charge on any atom is -0.439 e. The van der Waals surface area contributed by atoms with Crippen molar-refractivity contribution in [2.45, 2.75) is 90.9 Å². The third kappa shape index (κ3) is 6.86. The zero-order valence-corrected chi connectivity index (χ0v) is 18.6. The molecule has 0 saturated carbocycles. The quantitative estimate of drug-likeness (QED) is 0.522. The molecule has 2 rings (SSSR count). The molecule has 0 aliphatic carbocycles. The molecule has 1 aromatic carbocycles. The maximum atomic E-state index is 12.9. The molecule has 0 unspecified atom stereocenters. The summed E-state index contributed by atoms with van der Waals surface area (Å²) >= 11 is 0. The Kier molecular flexibility index (Phi) is 9.18. The van der Waals surface area contributed by atoms with Crippen LogP contribution >= 0.6 is 0 Å². The summed E-state index contributed by atoms with van der Waals surface area (Å²) in [6, 6.07) is 10.1. The van der Waals surface area contributed by atoms with E-state index in [1.165, 1.54) is 0 Å². The highest BCUT2D eigenvalue weighted by Crippen LogP contribution is 2.30. The van der Waals surface area contributed by atoms with E-state index >= 15 is 0 Å². The highest BCUT2D eigenvalue weighted by atomic mass is 16.6. The van der Waals surface area contributed by atoms with E-state index in [2.05, 4.69) is 13.5 Å². The summed E-state index contributed by atoms with van der Waals surface area (Å²) in [6.07, 6.45) is 1.64. The Labute approximate surface area is 176 Å². The molecule has 5 heteroatoms. The van der Waals surface area contributed by atoms with Crippen LogP contribution in [0.5, 0.6) is 0 Å². The summed E-state index contributed by atoms with van der Waals surface area (Å²) in [5.74, 6) is 0. The number of ether oxygens (including phenoxy) is 3. The van der Waals surface area contributed by atoms with Crippen molar-refractivity contribution in [2.24, 2.45) is 0 Å². The molecule has 1 aromatic rings. The standard InChI is InChI=1S/C24H37NO4/c1-7-11-21-14-19(6)23(29-24(26)25(17(2)3)18(4)5)22(28-21)16-27-15-20-12-9-8-10-13-20/h8-10,12-13,17-18,21-23H,6-7,11,14-16H2,1-5H3/t21-,22+,23-/m0/s1. The largest absolute Gasteiger partial charge is 0.439 e. The van der Waals surface area contributed by atoms with Crippen LogP contribution in [0.3, 0.4) is 0 Å². The maximum absolute atomic E-state index is 12.9. The van der Waals surface area contributed by atoms with E-state index in [4.69, 9.17) is 14.2 Å². The molecule has 1 saturated heterocycles. The van der Waals surface area contributed by atoms with Crippen molar-refractivity contribution in [3.05, 3.63) is 48.0 Å². The van der Waals surface area contributed by atoms with E-state index in [0.29, 0.717) is 19.6 Å². The smallest absolute Gasteiger partial charge is 0.410 e. The number of amides is 1. The zero-order valence-electron chi connectivity index (χ0n) is 18.6. The van der Waals surface area contributed by atoms with Gasteiger partial charge in [0.25, 0.3) is 0 Å². The second-order valence-electron chi connectivity index (χ2n) is 8.35. The Balaban J connectivity index is 2.06. The van der Waals surface area contributed by atoms with Gasteiger partial charge in [0.15, 0.2) is 6.10 Å². The highest BCUT2D eigenvalue weighted by Gasteiger charge is 2.38. The van der Waals surface area contributed by atoms with Gasteiger partial charge in [-0.2, -0.15) is 0 Å². The predicted molar refractivity (Wildman–Crippen MR) is 116 cm³/mol. The molecule has 1 amide bonds. The van der Waals surface area contributed by atoms with E-state index in [-0.39, 0.29) is 30.4 Å². The molecule has 29 heavy (non-hydrogen) atoms. The first-order valence-corrected chi connectivity index (χ1v) is 10.8. The van der Waals surface area contributed by atoms with Gasteiger partial charge in [-0.15, -0.1) is 0 Å². The number of carbonyl (C=O) groups excluding carboxylic acids is 1. The molecule has 1 aliphatic rings. The summed E-state index contributed by atoms with van der Waals surface area (Å²) in [5.41, 5.74) is 2.01. The summed E-state index contributed by atoms with van der Waals surface area (Å²) in [5, 5.41) is 0. The molecule has 0 radical (unpaired) electrons. The molecule has 0 spiro atoms. The lowest BCUT2D eigenvalue weighted by Crippen LogP contribution is -2.49. The van der Waals surface area contributed by atoms with Gasteiger partial charge in [0, 0.05) is 12.1 Å². The summed E-state index contributed by atoms with van der Waals surface area (Å²) in [4.78, 5) is 14.6. The number of benzene rings is 1. The number of rotatable bonds is 9. The first-order valence-electron chi connectivity index (χ1n) is 10.8. The Morgan fingerprint density at radius 2 is 1.86 bits per heavy atom. The maximum Gasteiger partial charge on any atom is 0.410 e. The lowest BCUT2D eigenvalue weighted by molar-refractivity contribution is -0.130. The van der Waals surface area contributed by atoms with Crippen molar-refractivity contribution >= 4 is 6.09 Å². The molecule has 5 nitrogen and oxygen atoms in total. The lowest BCUT2D eigenvalue weighted by Gasteiger charge is -2.39. The molecule has 0 N–H and O–H groups in total.